The van der Waals surface area contributed by atoms with Crippen molar-refractivity contribution >= 4 is 5.91 Å². The molecule has 4 rings (SSSR count). The van der Waals surface area contributed by atoms with Crippen molar-refractivity contribution in [3.05, 3.63) is 35.4 Å². The number of aliphatic hydroxyl groups excluding tert-OH is 1. The van der Waals surface area contributed by atoms with Crippen molar-refractivity contribution < 1.29 is 23.1 Å². The Morgan fingerprint density at radius 1 is 1.12 bits per heavy atom. The number of benzene rings is 1. The molecular weight excluding hydrogens is 319 g/mol. The lowest BCUT2D eigenvalue weighted by atomic mass is 10.0. The SMILES string of the molecule is O=C(C1C2CCCC21)N1CC(O)CC1c1ccc(C(F)(F)F)cc1. The van der Waals surface area contributed by atoms with Crippen molar-refractivity contribution in [2.75, 3.05) is 6.54 Å². The van der Waals surface area contributed by atoms with Crippen molar-refractivity contribution in [3.63, 3.8) is 0 Å². The van der Waals surface area contributed by atoms with Crippen LogP contribution in [0.1, 0.15) is 42.9 Å². The second-order valence-electron chi connectivity index (χ2n) is 7.30. The highest BCUT2D eigenvalue weighted by Crippen LogP contribution is 2.58. The van der Waals surface area contributed by atoms with Crippen LogP contribution in [0, 0.1) is 17.8 Å². The molecule has 0 radical (unpaired) electrons. The fraction of sp³-hybridized carbons (Fsp3) is 0.611. The summed E-state index contributed by atoms with van der Waals surface area (Å²) in [5.41, 5.74) is -0.0295. The predicted octanol–water partition coefficient (Wildman–Crippen LogP) is 3.39. The van der Waals surface area contributed by atoms with Crippen LogP contribution in [0.4, 0.5) is 13.2 Å². The van der Waals surface area contributed by atoms with Gasteiger partial charge in [0.05, 0.1) is 17.7 Å². The minimum Gasteiger partial charge on any atom is -0.391 e. The lowest BCUT2D eigenvalue weighted by Crippen LogP contribution is -2.34. The highest BCUT2D eigenvalue weighted by molar-refractivity contribution is 5.83. The van der Waals surface area contributed by atoms with Crippen LogP contribution in [0.3, 0.4) is 0 Å². The summed E-state index contributed by atoms with van der Waals surface area (Å²) in [4.78, 5) is 14.5. The summed E-state index contributed by atoms with van der Waals surface area (Å²) in [5.74, 6) is 1.12. The second kappa shape index (κ2) is 5.48. The van der Waals surface area contributed by atoms with E-state index in [2.05, 4.69) is 0 Å². The summed E-state index contributed by atoms with van der Waals surface area (Å²) in [6, 6.07) is 4.64. The maximum absolute atomic E-state index is 12.8. The maximum Gasteiger partial charge on any atom is 0.416 e. The first kappa shape index (κ1) is 15.9. The topological polar surface area (TPSA) is 40.5 Å². The molecule has 1 amide bonds. The Hall–Kier alpha value is -1.56. The number of fused-ring (bicyclic) bond motifs is 1. The molecule has 1 N–H and O–H groups in total. The Morgan fingerprint density at radius 2 is 1.75 bits per heavy atom. The first-order valence-corrected chi connectivity index (χ1v) is 8.52. The standard InChI is InChI=1S/C18H20F3NO2/c19-18(20,21)11-6-4-10(5-7-11)15-8-12(23)9-22(15)17(24)16-13-2-1-3-14(13)16/h4-7,12-16,23H,1-3,8-9H2. The molecule has 1 saturated heterocycles. The molecule has 0 bridgehead atoms. The molecule has 1 aromatic rings. The Balaban J connectivity index is 1.53. The number of alkyl halides is 3. The van der Waals surface area contributed by atoms with Gasteiger partial charge in [-0.1, -0.05) is 18.6 Å². The van der Waals surface area contributed by atoms with E-state index in [1.165, 1.54) is 18.6 Å². The number of hydrogen-bond donors (Lipinski definition) is 1. The second-order valence-corrected chi connectivity index (χ2v) is 7.30. The van der Waals surface area contributed by atoms with Gasteiger partial charge in [-0.05, 0) is 48.8 Å². The number of likely N-dealkylation sites (tertiary alicyclic amines) is 1. The van der Waals surface area contributed by atoms with E-state index in [1.54, 1.807) is 4.90 Å². The summed E-state index contributed by atoms with van der Waals surface area (Å²) in [5, 5.41) is 10.00. The number of amides is 1. The molecule has 4 unspecified atom stereocenters. The Bertz CT molecular complexity index is 633. The van der Waals surface area contributed by atoms with Crippen LogP contribution < -0.4 is 0 Å². The van der Waals surface area contributed by atoms with Gasteiger partial charge in [0.15, 0.2) is 0 Å². The fourth-order valence-electron chi connectivity index (χ4n) is 4.65. The first-order valence-electron chi connectivity index (χ1n) is 8.52. The molecule has 24 heavy (non-hydrogen) atoms. The molecule has 3 aliphatic rings. The molecule has 3 fully saturated rings. The summed E-state index contributed by atoms with van der Waals surface area (Å²) in [6.45, 7) is 0.278. The van der Waals surface area contributed by atoms with E-state index in [-0.39, 0.29) is 24.4 Å². The predicted molar refractivity (Wildman–Crippen MR) is 80.8 cm³/mol. The van der Waals surface area contributed by atoms with E-state index < -0.39 is 17.8 Å². The van der Waals surface area contributed by atoms with Crippen LogP contribution in [-0.2, 0) is 11.0 Å². The third-order valence-electron chi connectivity index (χ3n) is 5.88. The summed E-state index contributed by atoms with van der Waals surface area (Å²) >= 11 is 0. The number of hydrogen-bond acceptors (Lipinski definition) is 2. The third kappa shape index (κ3) is 2.61. The highest BCUT2D eigenvalue weighted by Gasteiger charge is 2.58. The van der Waals surface area contributed by atoms with Crippen LogP contribution in [0.5, 0.6) is 0 Å². The number of β-amino-alcohol motifs (C(OH)–C–C–N with tert-alkyl or cyclic N) is 1. The normalized spacial score (nSPS) is 35.2. The first-order chi connectivity index (χ1) is 11.4. The Kier molecular flexibility index (Phi) is 3.64. The van der Waals surface area contributed by atoms with E-state index >= 15 is 0 Å². The zero-order valence-corrected chi connectivity index (χ0v) is 13.2. The quantitative estimate of drug-likeness (QED) is 0.897. The van der Waals surface area contributed by atoms with Gasteiger partial charge in [-0.25, -0.2) is 0 Å². The van der Waals surface area contributed by atoms with Crippen LogP contribution in [-0.4, -0.2) is 28.6 Å². The molecule has 0 aromatic heterocycles. The lowest BCUT2D eigenvalue weighted by Gasteiger charge is -2.26. The number of aliphatic hydroxyl groups is 1. The molecule has 2 saturated carbocycles. The molecular formula is C18H20F3NO2. The number of carbonyl (C=O) groups is 1. The fourth-order valence-corrected chi connectivity index (χ4v) is 4.65. The highest BCUT2D eigenvalue weighted by atomic mass is 19.4. The zero-order valence-electron chi connectivity index (χ0n) is 13.2. The van der Waals surface area contributed by atoms with Crippen molar-refractivity contribution in [1.82, 2.24) is 4.90 Å². The van der Waals surface area contributed by atoms with Gasteiger partial charge in [-0.3, -0.25) is 4.79 Å². The molecule has 0 spiro atoms. The largest absolute Gasteiger partial charge is 0.416 e. The van der Waals surface area contributed by atoms with Crippen molar-refractivity contribution in [3.8, 4) is 0 Å². The summed E-state index contributed by atoms with van der Waals surface area (Å²) in [6.07, 6.45) is -1.21. The van der Waals surface area contributed by atoms with Gasteiger partial charge in [0.1, 0.15) is 0 Å². The van der Waals surface area contributed by atoms with Gasteiger partial charge in [0.2, 0.25) is 5.91 Å². The van der Waals surface area contributed by atoms with Gasteiger partial charge in [0, 0.05) is 12.5 Å². The Labute approximate surface area is 138 Å². The molecule has 130 valence electrons. The van der Waals surface area contributed by atoms with E-state index in [0.29, 0.717) is 23.8 Å². The number of carbonyl (C=O) groups excluding carboxylic acids is 1. The molecule has 1 aromatic carbocycles. The number of rotatable bonds is 2. The molecule has 1 heterocycles. The van der Waals surface area contributed by atoms with E-state index in [4.69, 9.17) is 0 Å². The minimum atomic E-state index is -4.37. The third-order valence-corrected chi connectivity index (χ3v) is 5.88. The molecule has 1 aliphatic heterocycles. The van der Waals surface area contributed by atoms with Gasteiger partial charge in [-0.2, -0.15) is 13.2 Å². The van der Waals surface area contributed by atoms with Gasteiger partial charge in [-0.15, -0.1) is 0 Å². The van der Waals surface area contributed by atoms with E-state index in [0.717, 1.165) is 25.0 Å². The van der Waals surface area contributed by atoms with Crippen LogP contribution in [0.2, 0.25) is 0 Å². The number of nitrogens with zero attached hydrogens (tertiary/aromatic N) is 1. The van der Waals surface area contributed by atoms with E-state index in [1.807, 2.05) is 0 Å². The van der Waals surface area contributed by atoms with Crippen molar-refractivity contribution in [2.24, 2.45) is 17.8 Å². The lowest BCUT2D eigenvalue weighted by molar-refractivity contribution is -0.138. The van der Waals surface area contributed by atoms with Gasteiger partial charge < -0.3 is 10.0 Å². The van der Waals surface area contributed by atoms with Gasteiger partial charge >= 0.3 is 6.18 Å². The van der Waals surface area contributed by atoms with Crippen molar-refractivity contribution in [2.45, 2.75) is 44.0 Å². The van der Waals surface area contributed by atoms with E-state index in [9.17, 15) is 23.1 Å². The molecule has 4 atom stereocenters. The Morgan fingerprint density at radius 3 is 2.33 bits per heavy atom. The average Bonchev–Trinajstić information content (AvgIpc) is 2.87. The smallest absolute Gasteiger partial charge is 0.391 e. The minimum absolute atomic E-state index is 0.0704. The molecule has 2 aliphatic carbocycles. The van der Waals surface area contributed by atoms with Crippen molar-refractivity contribution in [1.29, 1.82) is 0 Å². The van der Waals surface area contributed by atoms with Crippen LogP contribution in [0.15, 0.2) is 24.3 Å². The average molecular weight is 339 g/mol. The van der Waals surface area contributed by atoms with Crippen LogP contribution >= 0.6 is 0 Å². The zero-order chi connectivity index (χ0) is 17.1. The van der Waals surface area contributed by atoms with Gasteiger partial charge in [0.25, 0.3) is 0 Å². The maximum atomic E-state index is 12.8. The summed E-state index contributed by atoms with van der Waals surface area (Å²) < 4.78 is 38.1. The monoisotopic (exact) mass is 339 g/mol. The van der Waals surface area contributed by atoms with Crippen LogP contribution in [0.25, 0.3) is 0 Å². The molecule has 3 nitrogen and oxygen atoms in total. The number of halogens is 3. The summed E-state index contributed by atoms with van der Waals surface area (Å²) in [7, 11) is 0. The molecule has 6 heteroatoms.